The second-order valence-corrected chi connectivity index (χ2v) is 4.50. The van der Waals surface area contributed by atoms with Gasteiger partial charge in [-0.25, -0.2) is 0 Å². The lowest BCUT2D eigenvalue weighted by Gasteiger charge is -2.16. The normalized spacial score (nSPS) is 11.7. The summed E-state index contributed by atoms with van der Waals surface area (Å²) in [6.45, 7) is 4.15. The standard InChI is InChI=1S/C12H17N3O2S/c1-3-5-9(2)13-12(18)14-10-6-4-7-11(8-10)15(16)17/h4,6-9H,3,5H2,1-2H3,(H2,13,14,18). The molecule has 1 rings (SSSR count). The van der Waals surface area contributed by atoms with E-state index in [0.29, 0.717) is 10.8 Å². The van der Waals surface area contributed by atoms with Crippen molar-refractivity contribution in [3.05, 3.63) is 34.4 Å². The lowest BCUT2D eigenvalue weighted by Crippen LogP contribution is -2.35. The highest BCUT2D eigenvalue weighted by Gasteiger charge is 2.07. The van der Waals surface area contributed by atoms with Crippen molar-refractivity contribution in [3.63, 3.8) is 0 Å². The lowest BCUT2D eigenvalue weighted by atomic mass is 10.2. The molecule has 0 aliphatic rings. The van der Waals surface area contributed by atoms with Crippen molar-refractivity contribution in [2.45, 2.75) is 32.7 Å². The smallest absolute Gasteiger partial charge is 0.271 e. The van der Waals surface area contributed by atoms with E-state index in [1.54, 1.807) is 12.1 Å². The Labute approximate surface area is 112 Å². The molecule has 18 heavy (non-hydrogen) atoms. The molecule has 2 N–H and O–H groups in total. The van der Waals surface area contributed by atoms with E-state index in [1.807, 2.05) is 6.92 Å². The quantitative estimate of drug-likeness (QED) is 0.487. The van der Waals surface area contributed by atoms with Crippen molar-refractivity contribution in [1.82, 2.24) is 5.32 Å². The maximum atomic E-state index is 10.6. The molecule has 0 saturated heterocycles. The number of nitro benzene ring substituents is 1. The van der Waals surface area contributed by atoms with Crippen LogP contribution < -0.4 is 10.6 Å². The number of rotatable bonds is 5. The van der Waals surface area contributed by atoms with Gasteiger partial charge in [0, 0.05) is 23.9 Å². The van der Waals surface area contributed by atoms with Crippen LogP contribution in [-0.4, -0.2) is 16.1 Å². The summed E-state index contributed by atoms with van der Waals surface area (Å²) in [5.74, 6) is 0. The van der Waals surface area contributed by atoms with E-state index in [1.165, 1.54) is 12.1 Å². The van der Waals surface area contributed by atoms with Gasteiger partial charge in [-0.2, -0.15) is 0 Å². The number of thiocarbonyl (C=S) groups is 1. The molecule has 1 aromatic rings. The van der Waals surface area contributed by atoms with Crippen molar-refractivity contribution in [3.8, 4) is 0 Å². The molecular formula is C12H17N3O2S. The number of hydrogen-bond acceptors (Lipinski definition) is 3. The van der Waals surface area contributed by atoms with Crippen molar-refractivity contribution in [2.75, 3.05) is 5.32 Å². The van der Waals surface area contributed by atoms with Gasteiger partial charge in [-0.3, -0.25) is 10.1 Å². The van der Waals surface area contributed by atoms with Crippen LogP contribution in [0, 0.1) is 10.1 Å². The molecule has 0 fully saturated rings. The summed E-state index contributed by atoms with van der Waals surface area (Å²) in [5, 5.41) is 17.2. The first kappa shape index (κ1) is 14.4. The van der Waals surface area contributed by atoms with Crippen LogP contribution in [-0.2, 0) is 0 Å². The van der Waals surface area contributed by atoms with Gasteiger partial charge in [-0.15, -0.1) is 0 Å². The van der Waals surface area contributed by atoms with E-state index in [4.69, 9.17) is 12.2 Å². The lowest BCUT2D eigenvalue weighted by molar-refractivity contribution is -0.384. The fourth-order valence-electron chi connectivity index (χ4n) is 1.59. The number of anilines is 1. The largest absolute Gasteiger partial charge is 0.360 e. The molecule has 1 unspecified atom stereocenters. The molecule has 0 aromatic heterocycles. The summed E-state index contributed by atoms with van der Waals surface area (Å²) >= 11 is 5.14. The summed E-state index contributed by atoms with van der Waals surface area (Å²) in [6.07, 6.45) is 2.10. The minimum absolute atomic E-state index is 0.0457. The van der Waals surface area contributed by atoms with Gasteiger partial charge in [-0.05, 0) is 31.6 Å². The Bertz CT molecular complexity index is 437. The third-order valence-electron chi connectivity index (χ3n) is 2.41. The van der Waals surface area contributed by atoms with Gasteiger partial charge in [0.15, 0.2) is 5.11 Å². The number of hydrogen-bond donors (Lipinski definition) is 2. The van der Waals surface area contributed by atoms with Crippen molar-refractivity contribution < 1.29 is 4.92 Å². The van der Waals surface area contributed by atoms with Crippen LogP contribution in [0.3, 0.4) is 0 Å². The topological polar surface area (TPSA) is 67.2 Å². The van der Waals surface area contributed by atoms with Gasteiger partial charge in [-0.1, -0.05) is 19.4 Å². The zero-order valence-electron chi connectivity index (χ0n) is 10.5. The highest BCUT2D eigenvalue weighted by atomic mass is 32.1. The average Bonchev–Trinajstić information content (AvgIpc) is 2.29. The molecule has 1 atom stereocenters. The highest BCUT2D eigenvalue weighted by molar-refractivity contribution is 7.80. The molecule has 0 saturated carbocycles. The van der Waals surface area contributed by atoms with Crippen LogP contribution in [0.4, 0.5) is 11.4 Å². The van der Waals surface area contributed by atoms with Crippen LogP contribution in [0.15, 0.2) is 24.3 Å². The Morgan fingerprint density at radius 3 is 2.89 bits per heavy atom. The predicted molar refractivity (Wildman–Crippen MR) is 76.8 cm³/mol. The van der Waals surface area contributed by atoms with E-state index < -0.39 is 4.92 Å². The van der Waals surface area contributed by atoms with Crippen LogP contribution in [0.2, 0.25) is 0 Å². The van der Waals surface area contributed by atoms with Crippen LogP contribution in [0.5, 0.6) is 0 Å². The molecule has 0 heterocycles. The molecule has 0 radical (unpaired) electrons. The zero-order valence-corrected chi connectivity index (χ0v) is 11.3. The maximum absolute atomic E-state index is 10.6. The van der Waals surface area contributed by atoms with Gasteiger partial charge in [0.2, 0.25) is 0 Å². The van der Waals surface area contributed by atoms with E-state index >= 15 is 0 Å². The van der Waals surface area contributed by atoms with E-state index in [9.17, 15) is 10.1 Å². The molecule has 0 spiro atoms. The first-order valence-electron chi connectivity index (χ1n) is 5.85. The van der Waals surface area contributed by atoms with Crippen molar-refractivity contribution in [2.24, 2.45) is 0 Å². The SMILES string of the molecule is CCCC(C)NC(=S)Nc1cccc([N+](=O)[O-])c1. The Morgan fingerprint density at radius 2 is 2.28 bits per heavy atom. The molecule has 0 bridgehead atoms. The van der Waals surface area contributed by atoms with Crippen LogP contribution >= 0.6 is 12.2 Å². The van der Waals surface area contributed by atoms with Crippen LogP contribution in [0.25, 0.3) is 0 Å². The first-order valence-corrected chi connectivity index (χ1v) is 6.25. The Kier molecular flexibility index (Phi) is 5.51. The minimum Gasteiger partial charge on any atom is -0.360 e. The Morgan fingerprint density at radius 1 is 1.56 bits per heavy atom. The van der Waals surface area contributed by atoms with E-state index in [0.717, 1.165) is 12.8 Å². The Hall–Kier alpha value is -1.69. The van der Waals surface area contributed by atoms with Crippen LogP contribution in [0.1, 0.15) is 26.7 Å². The second-order valence-electron chi connectivity index (χ2n) is 4.10. The Balaban J connectivity index is 2.59. The molecular weight excluding hydrogens is 250 g/mol. The van der Waals surface area contributed by atoms with E-state index in [-0.39, 0.29) is 11.7 Å². The number of non-ortho nitro benzene ring substituents is 1. The summed E-state index contributed by atoms with van der Waals surface area (Å²) in [4.78, 5) is 10.2. The number of nitrogens with zero attached hydrogens (tertiary/aromatic N) is 1. The fraction of sp³-hybridized carbons (Fsp3) is 0.417. The maximum Gasteiger partial charge on any atom is 0.271 e. The summed E-state index contributed by atoms with van der Waals surface area (Å²) < 4.78 is 0. The summed E-state index contributed by atoms with van der Waals surface area (Å²) in [7, 11) is 0. The molecule has 0 aliphatic carbocycles. The third-order valence-corrected chi connectivity index (χ3v) is 2.63. The van der Waals surface area contributed by atoms with Crippen molar-refractivity contribution in [1.29, 1.82) is 0 Å². The molecule has 98 valence electrons. The van der Waals surface area contributed by atoms with Crippen molar-refractivity contribution >= 4 is 28.7 Å². The molecule has 1 aromatic carbocycles. The summed E-state index contributed by atoms with van der Waals surface area (Å²) in [5.41, 5.74) is 0.662. The first-order chi connectivity index (χ1) is 8.52. The second kappa shape index (κ2) is 6.90. The number of nitrogens with one attached hydrogen (secondary N) is 2. The van der Waals surface area contributed by atoms with Gasteiger partial charge in [0.1, 0.15) is 0 Å². The number of nitro groups is 1. The molecule has 5 nitrogen and oxygen atoms in total. The van der Waals surface area contributed by atoms with Gasteiger partial charge in [0.05, 0.1) is 4.92 Å². The van der Waals surface area contributed by atoms with Gasteiger partial charge >= 0.3 is 0 Å². The molecule has 0 amide bonds. The minimum atomic E-state index is -0.429. The summed E-state index contributed by atoms with van der Waals surface area (Å²) in [6, 6.07) is 6.55. The third kappa shape index (κ3) is 4.67. The average molecular weight is 267 g/mol. The zero-order chi connectivity index (χ0) is 13.5. The van der Waals surface area contributed by atoms with E-state index in [2.05, 4.69) is 17.6 Å². The van der Waals surface area contributed by atoms with Gasteiger partial charge < -0.3 is 10.6 Å². The number of benzene rings is 1. The fourth-order valence-corrected chi connectivity index (χ4v) is 1.91. The molecule has 0 aliphatic heterocycles. The monoisotopic (exact) mass is 267 g/mol. The predicted octanol–water partition coefficient (Wildman–Crippen LogP) is 3.07. The highest BCUT2D eigenvalue weighted by Crippen LogP contribution is 2.16. The molecule has 6 heteroatoms. The van der Waals surface area contributed by atoms with Gasteiger partial charge in [0.25, 0.3) is 5.69 Å².